The largest absolute Gasteiger partial charge is 0.346 e. The van der Waals surface area contributed by atoms with Crippen LogP contribution in [0.15, 0.2) is 45.6 Å². The molecule has 2 heterocycles. The first-order chi connectivity index (χ1) is 11.5. The Kier molecular flexibility index (Phi) is 5.03. The maximum atomic E-state index is 12.2. The lowest BCUT2D eigenvalue weighted by Gasteiger charge is -2.04. The molecule has 24 heavy (non-hydrogen) atoms. The normalized spacial score (nSPS) is 10.5. The molecule has 0 aliphatic rings. The second-order valence-electron chi connectivity index (χ2n) is 4.74. The number of thiazole rings is 1. The molecule has 3 aromatic rings. The first-order valence-electron chi connectivity index (χ1n) is 6.75. The predicted octanol–water partition coefficient (Wildman–Crippen LogP) is 4.47. The number of halogens is 1. The Bertz CT molecular complexity index is 907. The van der Waals surface area contributed by atoms with E-state index in [-0.39, 0.29) is 18.1 Å². The minimum atomic E-state index is -0.461. The number of aromatic nitrogens is 1. The van der Waals surface area contributed by atoms with E-state index in [9.17, 15) is 14.9 Å². The van der Waals surface area contributed by atoms with E-state index in [1.807, 2.05) is 11.4 Å². The molecule has 0 atom stereocenters. The van der Waals surface area contributed by atoms with Gasteiger partial charge in [-0.1, -0.05) is 18.2 Å². The summed E-state index contributed by atoms with van der Waals surface area (Å²) >= 11 is 6.31. The molecule has 0 aliphatic carbocycles. The molecule has 0 aliphatic heterocycles. The van der Waals surface area contributed by atoms with Gasteiger partial charge in [-0.25, -0.2) is 4.98 Å². The number of benzene rings is 1. The summed E-state index contributed by atoms with van der Waals surface area (Å²) < 4.78 is 0.972. The van der Waals surface area contributed by atoms with Gasteiger partial charge in [-0.3, -0.25) is 14.9 Å². The Hall–Kier alpha value is -2.10. The number of nitro groups is 1. The van der Waals surface area contributed by atoms with Crippen molar-refractivity contribution in [2.24, 2.45) is 0 Å². The van der Waals surface area contributed by atoms with Crippen LogP contribution in [-0.2, 0) is 6.54 Å². The number of carbonyl (C=O) groups is 1. The molecule has 0 saturated carbocycles. The molecule has 1 amide bonds. The minimum Gasteiger partial charge on any atom is -0.346 e. The Morgan fingerprint density at radius 3 is 2.79 bits per heavy atom. The van der Waals surface area contributed by atoms with E-state index in [4.69, 9.17) is 0 Å². The number of para-hydroxylation sites is 1. The van der Waals surface area contributed by atoms with Crippen LogP contribution in [0.3, 0.4) is 0 Å². The molecule has 0 unspecified atom stereocenters. The van der Waals surface area contributed by atoms with Gasteiger partial charge >= 0.3 is 0 Å². The Morgan fingerprint density at radius 2 is 2.08 bits per heavy atom. The van der Waals surface area contributed by atoms with Gasteiger partial charge in [0.1, 0.15) is 10.7 Å². The van der Waals surface area contributed by atoms with Gasteiger partial charge in [-0.05, 0) is 22.0 Å². The molecular formula is C15H10BrN3O3S2. The maximum absolute atomic E-state index is 12.2. The standard InChI is InChI=1S/C15H10BrN3O3S2/c16-10-5-13(23-7-10)15-18-11(8-24-15)14(20)17-6-9-3-1-2-4-12(9)19(21)22/h1-5,7-8H,6H2,(H,17,20). The van der Waals surface area contributed by atoms with Crippen LogP contribution >= 0.6 is 38.6 Å². The maximum Gasteiger partial charge on any atom is 0.274 e. The van der Waals surface area contributed by atoms with Crippen molar-refractivity contribution in [3.63, 3.8) is 0 Å². The topological polar surface area (TPSA) is 85.1 Å². The summed E-state index contributed by atoms with van der Waals surface area (Å²) in [7, 11) is 0. The number of amides is 1. The van der Waals surface area contributed by atoms with Crippen LogP contribution in [0.5, 0.6) is 0 Å². The van der Waals surface area contributed by atoms with Crippen LogP contribution in [0, 0.1) is 10.1 Å². The van der Waals surface area contributed by atoms with Crippen molar-refractivity contribution in [1.29, 1.82) is 0 Å². The van der Waals surface area contributed by atoms with Crippen molar-refractivity contribution in [2.45, 2.75) is 6.54 Å². The van der Waals surface area contributed by atoms with Crippen molar-refractivity contribution in [3.8, 4) is 9.88 Å². The zero-order valence-corrected chi connectivity index (χ0v) is 15.3. The van der Waals surface area contributed by atoms with Crippen LogP contribution in [0.1, 0.15) is 16.1 Å². The van der Waals surface area contributed by atoms with E-state index in [0.717, 1.165) is 14.4 Å². The van der Waals surface area contributed by atoms with Gasteiger partial charge in [-0.2, -0.15) is 0 Å². The van der Waals surface area contributed by atoms with Crippen LogP contribution in [0.25, 0.3) is 9.88 Å². The van der Waals surface area contributed by atoms with Crippen LogP contribution in [0.4, 0.5) is 5.69 Å². The Morgan fingerprint density at radius 1 is 1.29 bits per heavy atom. The van der Waals surface area contributed by atoms with Gasteiger partial charge in [0.05, 0.1) is 9.80 Å². The van der Waals surface area contributed by atoms with E-state index < -0.39 is 4.92 Å². The van der Waals surface area contributed by atoms with E-state index in [0.29, 0.717) is 11.3 Å². The number of carbonyl (C=O) groups excluding carboxylic acids is 1. The zero-order chi connectivity index (χ0) is 17.1. The molecular weight excluding hydrogens is 414 g/mol. The fourth-order valence-corrected chi connectivity index (χ4v) is 4.33. The molecule has 0 radical (unpaired) electrons. The third-order valence-corrected chi connectivity index (χ3v) is 5.85. The molecule has 1 N–H and O–H groups in total. The van der Waals surface area contributed by atoms with Crippen molar-refractivity contribution < 1.29 is 9.72 Å². The smallest absolute Gasteiger partial charge is 0.274 e. The van der Waals surface area contributed by atoms with Crippen molar-refractivity contribution in [1.82, 2.24) is 10.3 Å². The number of nitrogens with one attached hydrogen (secondary N) is 1. The van der Waals surface area contributed by atoms with Crippen molar-refractivity contribution in [3.05, 3.63) is 66.9 Å². The SMILES string of the molecule is O=C(NCc1ccccc1[N+](=O)[O-])c1csc(-c2cc(Br)cs2)n1. The van der Waals surface area contributed by atoms with Gasteiger partial charge in [-0.15, -0.1) is 22.7 Å². The molecule has 0 saturated heterocycles. The molecule has 9 heteroatoms. The summed E-state index contributed by atoms with van der Waals surface area (Å²) in [5.41, 5.74) is 0.742. The lowest BCUT2D eigenvalue weighted by molar-refractivity contribution is -0.385. The second-order valence-corrected chi connectivity index (χ2v) is 7.42. The van der Waals surface area contributed by atoms with E-state index in [1.165, 1.54) is 28.7 Å². The Balaban J connectivity index is 1.70. The number of hydrogen-bond acceptors (Lipinski definition) is 6. The summed E-state index contributed by atoms with van der Waals surface area (Å²) in [6.07, 6.45) is 0. The average molecular weight is 424 g/mol. The fraction of sp³-hybridized carbons (Fsp3) is 0.0667. The van der Waals surface area contributed by atoms with Gasteiger partial charge in [0.2, 0.25) is 0 Å². The monoisotopic (exact) mass is 423 g/mol. The van der Waals surface area contributed by atoms with Gasteiger partial charge < -0.3 is 5.32 Å². The van der Waals surface area contributed by atoms with Crippen LogP contribution in [-0.4, -0.2) is 15.8 Å². The summed E-state index contributed by atoms with van der Waals surface area (Å²) in [5.74, 6) is -0.355. The minimum absolute atomic E-state index is 0.0137. The predicted molar refractivity (Wildman–Crippen MR) is 97.4 cm³/mol. The third kappa shape index (κ3) is 3.69. The first kappa shape index (κ1) is 16.7. The highest BCUT2D eigenvalue weighted by Gasteiger charge is 2.16. The quantitative estimate of drug-likeness (QED) is 0.484. The highest BCUT2D eigenvalue weighted by Crippen LogP contribution is 2.32. The van der Waals surface area contributed by atoms with E-state index in [2.05, 4.69) is 26.2 Å². The van der Waals surface area contributed by atoms with Gasteiger partial charge in [0.25, 0.3) is 11.6 Å². The second kappa shape index (κ2) is 7.20. The molecule has 3 rings (SSSR count). The number of nitro benzene ring substituents is 1. The lowest BCUT2D eigenvalue weighted by atomic mass is 10.2. The van der Waals surface area contributed by atoms with Gasteiger partial charge in [0.15, 0.2) is 0 Å². The van der Waals surface area contributed by atoms with Crippen LogP contribution in [0.2, 0.25) is 0 Å². The van der Waals surface area contributed by atoms with Crippen molar-refractivity contribution in [2.75, 3.05) is 0 Å². The lowest BCUT2D eigenvalue weighted by Crippen LogP contribution is -2.23. The molecule has 122 valence electrons. The average Bonchev–Trinajstić information content (AvgIpc) is 3.21. The number of hydrogen-bond donors (Lipinski definition) is 1. The molecule has 2 aromatic heterocycles. The molecule has 0 bridgehead atoms. The number of nitrogens with zero attached hydrogens (tertiary/aromatic N) is 2. The van der Waals surface area contributed by atoms with Crippen molar-refractivity contribution >= 4 is 50.2 Å². The molecule has 0 fully saturated rings. The van der Waals surface area contributed by atoms with E-state index in [1.54, 1.807) is 23.6 Å². The van der Waals surface area contributed by atoms with Crippen LogP contribution < -0.4 is 5.32 Å². The number of thiophene rings is 1. The summed E-state index contributed by atoms with van der Waals surface area (Å²) in [6.45, 7) is 0.0768. The summed E-state index contributed by atoms with van der Waals surface area (Å²) in [6, 6.07) is 8.27. The number of rotatable bonds is 5. The first-order valence-corrected chi connectivity index (χ1v) is 9.30. The van der Waals surface area contributed by atoms with Gasteiger partial charge in [0, 0.05) is 33.4 Å². The molecule has 6 nitrogen and oxygen atoms in total. The summed E-state index contributed by atoms with van der Waals surface area (Å²) in [4.78, 5) is 28.0. The molecule has 1 aromatic carbocycles. The highest BCUT2D eigenvalue weighted by atomic mass is 79.9. The summed E-state index contributed by atoms with van der Waals surface area (Å²) in [5, 5.41) is 18.0. The third-order valence-electron chi connectivity index (χ3n) is 3.14. The Labute approximate surface area is 153 Å². The van der Waals surface area contributed by atoms with E-state index >= 15 is 0 Å². The molecule has 0 spiro atoms. The highest BCUT2D eigenvalue weighted by molar-refractivity contribution is 9.10. The zero-order valence-electron chi connectivity index (χ0n) is 12.1. The fourth-order valence-electron chi connectivity index (χ4n) is 2.02.